The van der Waals surface area contributed by atoms with E-state index in [9.17, 15) is 4.79 Å². The number of furan rings is 1. The Morgan fingerprint density at radius 1 is 1.13 bits per heavy atom. The van der Waals surface area contributed by atoms with Crippen molar-refractivity contribution in [3.8, 4) is 0 Å². The van der Waals surface area contributed by atoms with Gasteiger partial charge in [0, 0.05) is 17.7 Å². The number of rotatable bonds is 5. The normalized spacial score (nSPS) is 26.5. The van der Waals surface area contributed by atoms with Crippen molar-refractivity contribution in [1.82, 2.24) is 15.2 Å². The summed E-state index contributed by atoms with van der Waals surface area (Å²) in [7, 11) is 0. The lowest BCUT2D eigenvalue weighted by Gasteiger charge is -2.32. The SMILES string of the molecule is Cc1ccc(C(=O)NC2CC3CCC2C3)c(C2CCN(Cc3cc(C)c(C)o3)CC2)n1. The topological polar surface area (TPSA) is 58.4 Å². The second-order valence-corrected chi connectivity index (χ2v) is 10.1. The number of aromatic nitrogens is 1. The largest absolute Gasteiger partial charge is 0.465 e. The van der Waals surface area contributed by atoms with Crippen LogP contribution in [0.25, 0.3) is 0 Å². The van der Waals surface area contributed by atoms with Crippen molar-refractivity contribution in [3.05, 3.63) is 52.2 Å². The van der Waals surface area contributed by atoms with E-state index in [1.165, 1.54) is 24.8 Å². The Morgan fingerprint density at radius 2 is 1.94 bits per heavy atom. The van der Waals surface area contributed by atoms with Crippen LogP contribution in [0, 0.1) is 32.6 Å². The van der Waals surface area contributed by atoms with E-state index < -0.39 is 0 Å². The van der Waals surface area contributed by atoms with Crippen LogP contribution in [0.1, 0.15) is 83.3 Å². The number of hydrogen-bond acceptors (Lipinski definition) is 4. The molecular weight excluding hydrogens is 386 g/mol. The third-order valence-electron chi connectivity index (χ3n) is 7.93. The molecule has 2 saturated carbocycles. The molecule has 2 bridgehead atoms. The van der Waals surface area contributed by atoms with E-state index in [4.69, 9.17) is 9.40 Å². The minimum absolute atomic E-state index is 0.0871. The smallest absolute Gasteiger partial charge is 0.253 e. The number of likely N-dealkylation sites (tertiary alicyclic amines) is 1. The van der Waals surface area contributed by atoms with Gasteiger partial charge in [-0.05, 0) is 102 Å². The molecule has 2 aliphatic carbocycles. The van der Waals surface area contributed by atoms with Crippen molar-refractivity contribution in [2.75, 3.05) is 13.1 Å². The second-order valence-electron chi connectivity index (χ2n) is 10.1. The molecule has 3 heterocycles. The molecule has 0 spiro atoms. The van der Waals surface area contributed by atoms with Crippen molar-refractivity contribution >= 4 is 5.91 Å². The van der Waals surface area contributed by atoms with Crippen LogP contribution >= 0.6 is 0 Å². The third kappa shape index (κ3) is 4.30. The summed E-state index contributed by atoms with van der Waals surface area (Å²) < 4.78 is 5.87. The van der Waals surface area contributed by atoms with Gasteiger partial charge in [-0.15, -0.1) is 0 Å². The van der Waals surface area contributed by atoms with Crippen molar-refractivity contribution in [1.29, 1.82) is 0 Å². The molecule has 31 heavy (non-hydrogen) atoms. The number of amides is 1. The summed E-state index contributed by atoms with van der Waals surface area (Å²) in [5, 5.41) is 3.37. The molecule has 2 aromatic rings. The van der Waals surface area contributed by atoms with Gasteiger partial charge in [-0.25, -0.2) is 0 Å². The number of carbonyl (C=O) groups is 1. The summed E-state index contributed by atoms with van der Waals surface area (Å²) in [6, 6.07) is 6.50. The van der Waals surface area contributed by atoms with Crippen molar-refractivity contribution in [2.45, 2.75) is 77.8 Å². The number of hydrogen-bond donors (Lipinski definition) is 1. The Labute approximate surface area is 185 Å². The molecule has 1 aliphatic heterocycles. The van der Waals surface area contributed by atoms with Crippen LogP contribution in [0.5, 0.6) is 0 Å². The van der Waals surface area contributed by atoms with Gasteiger partial charge >= 0.3 is 0 Å². The van der Waals surface area contributed by atoms with Gasteiger partial charge in [0.2, 0.25) is 0 Å². The Balaban J connectivity index is 1.25. The standard InChI is InChI=1S/C26H35N3O2/c1-16-12-22(31-18(16)3)15-29-10-8-20(9-11-29)25-23(7-4-17(2)27-25)26(30)28-24-14-19-5-6-21(24)13-19/h4,7,12,19-21,24H,5-6,8-11,13-15H2,1-3H3,(H,28,30). The fourth-order valence-corrected chi connectivity index (χ4v) is 6.06. The van der Waals surface area contributed by atoms with Crippen molar-refractivity contribution < 1.29 is 9.21 Å². The van der Waals surface area contributed by atoms with Crippen LogP contribution < -0.4 is 5.32 Å². The average molecular weight is 422 g/mol. The molecule has 166 valence electrons. The summed E-state index contributed by atoms with van der Waals surface area (Å²) in [6.07, 6.45) is 7.16. The summed E-state index contributed by atoms with van der Waals surface area (Å²) in [5.41, 5.74) is 4.02. The van der Waals surface area contributed by atoms with E-state index in [-0.39, 0.29) is 5.91 Å². The molecule has 5 heteroatoms. The first-order chi connectivity index (χ1) is 15.0. The number of fused-ring (bicyclic) bond motifs is 2. The molecule has 2 aromatic heterocycles. The van der Waals surface area contributed by atoms with Crippen molar-refractivity contribution in [2.24, 2.45) is 11.8 Å². The van der Waals surface area contributed by atoms with Gasteiger partial charge < -0.3 is 9.73 Å². The highest BCUT2D eigenvalue weighted by molar-refractivity contribution is 5.95. The summed E-state index contributed by atoms with van der Waals surface area (Å²) in [5.74, 6) is 4.01. The zero-order valence-electron chi connectivity index (χ0n) is 19.1. The molecule has 1 saturated heterocycles. The van der Waals surface area contributed by atoms with E-state index in [0.29, 0.717) is 17.9 Å². The van der Waals surface area contributed by atoms with E-state index in [0.717, 1.165) is 73.3 Å². The molecule has 0 aromatic carbocycles. The number of pyridine rings is 1. The first-order valence-electron chi connectivity index (χ1n) is 12.0. The Kier molecular flexibility index (Phi) is 5.63. The number of aryl methyl sites for hydroxylation is 3. The molecule has 5 rings (SSSR count). The minimum Gasteiger partial charge on any atom is -0.465 e. The van der Waals surface area contributed by atoms with Crippen LogP contribution in [-0.2, 0) is 6.54 Å². The highest BCUT2D eigenvalue weighted by atomic mass is 16.3. The van der Waals surface area contributed by atoms with Gasteiger partial charge in [-0.3, -0.25) is 14.7 Å². The summed E-state index contributed by atoms with van der Waals surface area (Å²) in [6.45, 7) is 9.02. The Morgan fingerprint density at radius 3 is 2.58 bits per heavy atom. The van der Waals surface area contributed by atoms with Crippen molar-refractivity contribution in [3.63, 3.8) is 0 Å². The zero-order chi connectivity index (χ0) is 21.5. The van der Waals surface area contributed by atoms with Crippen LogP contribution in [0.15, 0.2) is 22.6 Å². The summed E-state index contributed by atoms with van der Waals surface area (Å²) in [4.78, 5) is 20.5. The quantitative estimate of drug-likeness (QED) is 0.746. The van der Waals surface area contributed by atoms with Gasteiger partial charge in [-0.2, -0.15) is 0 Å². The van der Waals surface area contributed by atoms with Gasteiger partial charge in [0.05, 0.1) is 17.8 Å². The molecule has 3 atom stereocenters. The predicted octanol–water partition coefficient (Wildman–Crippen LogP) is 4.90. The van der Waals surface area contributed by atoms with Gasteiger partial charge in [-0.1, -0.05) is 6.42 Å². The minimum atomic E-state index is 0.0871. The molecule has 1 N–H and O–H groups in total. The fraction of sp³-hybridized carbons (Fsp3) is 0.615. The van der Waals surface area contributed by atoms with Gasteiger partial charge in [0.1, 0.15) is 11.5 Å². The molecule has 5 nitrogen and oxygen atoms in total. The second kappa shape index (κ2) is 8.42. The first kappa shape index (κ1) is 20.7. The lowest BCUT2D eigenvalue weighted by molar-refractivity contribution is 0.0920. The van der Waals surface area contributed by atoms with E-state index in [1.54, 1.807) is 0 Å². The lowest BCUT2D eigenvalue weighted by Crippen LogP contribution is -2.39. The fourth-order valence-electron chi connectivity index (χ4n) is 6.06. The molecule has 3 aliphatic rings. The Hall–Kier alpha value is -2.14. The number of nitrogens with zero attached hydrogens (tertiary/aromatic N) is 2. The maximum absolute atomic E-state index is 13.2. The van der Waals surface area contributed by atoms with E-state index in [1.807, 2.05) is 26.0 Å². The molecular formula is C26H35N3O2. The lowest BCUT2D eigenvalue weighted by atomic mass is 9.89. The van der Waals surface area contributed by atoms with Crippen LogP contribution in [-0.4, -0.2) is 34.9 Å². The first-order valence-corrected chi connectivity index (χ1v) is 12.0. The van der Waals surface area contributed by atoms with Gasteiger partial charge in [0.25, 0.3) is 5.91 Å². The van der Waals surface area contributed by atoms with E-state index in [2.05, 4.69) is 23.2 Å². The maximum Gasteiger partial charge on any atom is 0.253 e. The van der Waals surface area contributed by atoms with Gasteiger partial charge in [0.15, 0.2) is 0 Å². The monoisotopic (exact) mass is 421 g/mol. The maximum atomic E-state index is 13.2. The van der Waals surface area contributed by atoms with Crippen LogP contribution in [0.2, 0.25) is 0 Å². The highest BCUT2D eigenvalue weighted by Gasteiger charge is 2.40. The average Bonchev–Trinajstić information content (AvgIpc) is 3.45. The molecule has 3 fully saturated rings. The number of carbonyl (C=O) groups excluding carboxylic acids is 1. The molecule has 1 amide bonds. The third-order valence-corrected chi connectivity index (χ3v) is 7.93. The number of piperidine rings is 1. The highest BCUT2D eigenvalue weighted by Crippen LogP contribution is 2.44. The van der Waals surface area contributed by atoms with E-state index >= 15 is 0 Å². The zero-order valence-corrected chi connectivity index (χ0v) is 19.1. The van der Waals surface area contributed by atoms with Crippen LogP contribution in [0.4, 0.5) is 0 Å². The summed E-state index contributed by atoms with van der Waals surface area (Å²) >= 11 is 0. The Bertz CT molecular complexity index is 938. The predicted molar refractivity (Wildman–Crippen MR) is 121 cm³/mol. The number of nitrogens with one attached hydrogen (secondary N) is 1. The van der Waals surface area contributed by atoms with Crippen LogP contribution in [0.3, 0.4) is 0 Å². The molecule has 0 radical (unpaired) electrons. The molecule has 3 unspecified atom stereocenters.